The fourth-order valence-corrected chi connectivity index (χ4v) is 4.47. The highest BCUT2D eigenvalue weighted by Gasteiger charge is 2.47. The molecule has 1 aliphatic rings. The van der Waals surface area contributed by atoms with E-state index in [0.717, 1.165) is 6.92 Å². The normalized spacial score (nSPS) is 16.1. The molecule has 1 amide bonds. The fourth-order valence-electron chi connectivity index (χ4n) is 3.78. The van der Waals surface area contributed by atoms with E-state index in [0.29, 0.717) is 18.4 Å². The molecule has 0 spiro atoms. The van der Waals surface area contributed by atoms with Crippen LogP contribution < -0.4 is 10.1 Å². The number of amides is 1. The standard InChI is InChI=1S/C24H23F4N5O3S/c1-12-10-17(23(25)8-9-23)30-14(3)19(12)36-22-18(13(2)20(32-33-22)24(26,27)28)21(34)31-15-6-5-7-16(11-15)37(4,29)35/h5-7,10-11,29H,8-9H2,1-4H3,(H,31,34). The Kier molecular flexibility index (Phi) is 6.47. The lowest BCUT2D eigenvalue weighted by Gasteiger charge is -2.18. The van der Waals surface area contributed by atoms with Crippen molar-refractivity contribution in [1.82, 2.24) is 15.2 Å². The number of ether oxygens (including phenoxy) is 1. The second-order valence-corrected chi connectivity index (χ2v) is 11.1. The average molecular weight is 538 g/mol. The Morgan fingerprint density at radius 2 is 1.84 bits per heavy atom. The van der Waals surface area contributed by atoms with Crippen LogP contribution in [0.2, 0.25) is 0 Å². The smallest absolute Gasteiger partial charge is 0.435 e. The molecule has 2 aromatic heterocycles. The largest absolute Gasteiger partial charge is 0.435 e. The number of hydrogen-bond acceptors (Lipinski definition) is 7. The molecule has 0 saturated heterocycles. The van der Waals surface area contributed by atoms with Gasteiger partial charge in [-0.2, -0.15) is 13.2 Å². The van der Waals surface area contributed by atoms with Gasteiger partial charge in [0.05, 0.1) is 21.1 Å². The highest BCUT2D eigenvalue weighted by molar-refractivity contribution is 7.91. The van der Waals surface area contributed by atoms with E-state index in [-0.39, 0.29) is 27.7 Å². The van der Waals surface area contributed by atoms with Crippen LogP contribution in [-0.4, -0.2) is 31.6 Å². The number of halogens is 4. The summed E-state index contributed by atoms with van der Waals surface area (Å²) in [5.41, 5.74) is -2.84. The van der Waals surface area contributed by atoms with Crippen LogP contribution in [0.1, 0.15) is 51.4 Å². The predicted molar refractivity (Wildman–Crippen MR) is 127 cm³/mol. The molecule has 0 radical (unpaired) electrons. The van der Waals surface area contributed by atoms with Gasteiger partial charge in [-0.1, -0.05) is 6.07 Å². The van der Waals surface area contributed by atoms with Crippen LogP contribution in [0.25, 0.3) is 0 Å². The third-order valence-electron chi connectivity index (χ3n) is 5.90. The van der Waals surface area contributed by atoms with Gasteiger partial charge in [0.25, 0.3) is 11.8 Å². The minimum atomic E-state index is -4.89. The van der Waals surface area contributed by atoms with E-state index >= 15 is 0 Å². The Morgan fingerprint density at radius 1 is 1.16 bits per heavy atom. The summed E-state index contributed by atoms with van der Waals surface area (Å²) in [5, 5.41) is 9.26. The highest BCUT2D eigenvalue weighted by atomic mass is 32.2. The Morgan fingerprint density at radius 3 is 2.41 bits per heavy atom. The summed E-state index contributed by atoms with van der Waals surface area (Å²) in [6.07, 6.45) is -2.99. The van der Waals surface area contributed by atoms with Gasteiger partial charge < -0.3 is 10.1 Å². The first-order valence-electron chi connectivity index (χ1n) is 11.1. The monoisotopic (exact) mass is 537 g/mol. The van der Waals surface area contributed by atoms with Gasteiger partial charge >= 0.3 is 6.18 Å². The van der Waals surface area contributed by atoms with E-state index < -0.39 is 50.2 Å². The zero-order chi connectivity index (χ0) is 27.3. The lowest BCUT2D eigenvalue weighted by Crippen LogP contribution is -2.21. The van der Waals surface area contributed by atoms with Gasteiger partial charge in [-0.3, -0.25) is 9.78 Å². The number of rotatable bonds is 6. The molecular formula is C24H23F4N5O3S. The van der Waals surface area contributed by atoms with Gasteiger partial charge in [-0.05, 0) is 69.0 Å². The van der Waals surface area contributed by atoms with Crippen LogP contribution in [0.4, 0.5) is 23.2 Å². The highest BCUT2D eigenvalue weighted by Crippen LogP contribution is 2.49. The van der Waals surface area contributed by atoms with Gasteiger partial charge in [0.15, 0.2) is 17.1 Å². The van der Waals surface area contributed by atoms with Gasteiger partial charge in [0.1, 0.15) is 5.56 Å². The quantitative estimate of drug-likeness (QED) is 0.381. The van der Waals surface area contributed by atoms with Crippen molar-refractivity contribution in [3.8, 4) is 11.6 Å². The van der Waals surface area contributed by atoms with Gasteiger partial charge in [0, 0.05) is 16.8 Å². The van der Waals surface area contributed by atoms with Crippen molar-refractivity contribution >= 4 is 21.3 Å². The van der Waals surface area contributed by atoms with Crippen molar-refractivity contribution in [2.45, 2.75) is 50.4 Å². The van der Waals surface area contributed by atoms with Crippen molar-refractivity contribution in [3.63, 3.8) is 0 Å². The lowest BCUT2D eigenvalue weighted by molar-refractivity contribution is -0.142. The molecule has 1 unspecified atom stereocenters. The Labute approximate surface area is 210 Å². The maximum absolute atomic E-state index is 14.5. The van der Waals surface area contributed by atoms with E-state index in [4.69, 9.17) is 9.52 Å². The Bertz CT molecular complexity index is 1500. The second kappa shape index (κ2) is 9.05. The molecule has 1 saturated carbocycles. The first-order valence-corrected chi connectivity index (χ1v) is 13.0. The number of carbonyl (C=O) groups excluding carboxylic acids is 1. The topological polar surface area (TPSA) is 118 Å². The number of nitrogens with one attached hydrogen (secondary N) is 2. The van der Waals surface area contributed by atoms with Crippen LogP contribution in [-0.2, 0) is 21.6 Å². The van der Waals surface area contributed by atoms with Crippen molar-refractivity contribution in [1.29, 1.82) is 4.78 Å². The first kappa shape index (κ1) is 26.5. The summed E-state index contributed by atoms with van der Waals surface area (Å²) in [6, 6.07) is 7.11. The molecule has 1 aliphatic carbocycles. The minimum absolute atomic E-state index is 0.108. The Hall–Kier alpha value is -3.61. The molecule has 8 nitrogen and oxygen atoms in total. The molecule has 1 fully saturated rings. The second-order valence-electron chi connectivity index (χ2n) is 8.98. The number of alkyl halides is 4. The molecule has 4 rings (SSSR count). The first-order chi connectivity index (χ1) is 17.1. The number of carbonyl (C=O) groups is 1. The van der Waals surface area contributed by atoms with Crippen LogP contribution in [0.3, 0.4) is 0 Å². The summed E-state index contributed by atoms with van der Waals surface area (Å²) in [5.74, 6) is -1.38. The number of aryl methyl sites for hydroxylation is 2. The average Bonchev–Trinajstić information content (AvgIpc) is 3.53. The number of nitrogens with zero attached hydrogens (tertiary/aromatic N) is 3. The van der Waals surface area contributed by atoms with Crippen LogP contribution in [0.15, 0.2) is 35.2 Å². The number of anilines is 1. The van der Waals surface area contributed by atoms with Gasteiger partial charge in [-0.15, -0.1) is 10.2 Å². The van der Waals surface area contributed by atoms with E-state index in [9.17, 15) is 26.6 Å². The molecule has 37 heavy (non-hydrogen) atoms. The molecule has 196 valence electrons. The van der Waals surface area contributed by atoms with Gasteiger partial charge in [0.2, 0.25) is 0 Å². The summed E-state index contributed by atoms with van der Waals surface area (Å²) in [7, 11) is -3.11. The van der Waals surface area contributed by atoms with Crippen molar-refractivity contribution in [3.05, 3.63) is 64.1 Å². The molecule has 2 heterocycles. The predicted octanol–water partition coefficient (Wildman–Crippen LogP) is 5.85. The number of benzene rings is 1. The minimum Gasteiger partial charge on any atom is -0.435 e. The fraction of sp³-hybridized carbons (Fsp3) is 0.333. The lowest BCUT2D eigenvalue weighted by atomic mass is 10.1. The zero-order valence-corrected chi connectivity index (χ0v) is 21.1. The van der Waals surface area contributed by atoms with Gasteiger partial charge in [-0.25, -0.2) is 13.4 Å². The molecular weight excluding hydrogens is 514 g/mol. The number of aromatic nitrogens is 3. The molecule has 1 aromatic carbocycles. The van der Waals surface area contributed by atoms with E-state index in [1.165, 1.54) is 36.6 Å². The molecule has 1 atom stereocenters. The Balaban J connectivity index is 1.77. The summed E-state index contributed by atoms with van der Waals surface area (Å²) >= 11 is 0. The van der Waals surface area contributed by atoms with E-state index in [1.807, 2.05) is 0 Å². The number of pyridine rings is 1. The SMILES string of the molecule is Cc1cc(C2(F)CC2)nc(C)c1Oc1nnc(C(F)(F)F)c(C)c1C(=O)Nc1cccc(S(C)(=N)=O)c1. The molecule has 13 heteroatoms. The maximum atomic E-state index is 14.5. The zero-order valence-electron chi connectivity index (χ0n) is 20.3. The molecule has 3 aromatic rings. The van der Waals surface area contributed by atoms with E-state index in [2.05, 4.69) is 20.5 Å². The molecule has 0 aliphatic heterocycles. The summed E-state index contributed by atoms with van der Waals surface area (Å²) in [6.45, 7) is 4.24. The van der Waals surface area contributed by atoms with E-state index in [1.54, 1.807) is 13.8 Å². The van der Waals surface area contributed by atoms with Crippen LogP contribution in [0.5, 0.6) is 11.6 Å². The van der Waals surface area contributed by atoms with Crippen molar-refractivity contribution in [2.24, 2.45) is 0 Å². The molecule has 2 N–H and O–H groups in total. The summed E-state index contributed by atoms with van der Waals surface area (Å²) < 4.78 is 80.8. The van der Waals surface area contributed by atoms with Crippen LogP contribution >= 0.6 is 0 Å². The number of hydrogen-bond donors (Lipinski definition) is 2. The third-order valence-corrected chi connectivity index (χ3v) is 7.05. The third kappa shape index (κ3) is 5.41. The van der Waals surface area contributed by atoms with Crippen molar-refractivity contribution < 1.29 is 31.3 Å². The van der Waals surface area contributed by atoms with Crippen molar-refractivity contribution in [2.75, 3.05) is 11.6 Å². The van der Waals surface area contributed by atoms with Crippen LogP contribution in [0, 0.1) is 25.6 Å². The maximum Gasteiger partial charge on any atom is 0.435 e. The molecule has 0 bridgehead atoms. The summed E-state index contributed by atoms with van der Waals surface area (Å²) in [4.78, 5) is 17.6.